The van der Waals surface area contributed by atoms with E-state index in [1.807, 2.05) is 21.1 Å². The van der Waals surface area contributed by atoms with Crippen molar-refractivity contribution in [3.63, 3.8) is 0 Å². The highest BCUT2D eigenvalue weighted by molar-refractivity contribution is 7.45. The van der Waals surface area contributed by atoms with E-state index in [1.54, 1.807) is 0 Å². The summed E-state index contributed by atoms with van der Waals surface area (Å²) in [5.74, 6) is -0.830. The third kappa shape index (κ3) is 44.1. The Labute approximate surface area is 358 Å². The molecule has 0 fully saturated rings. The molecule has 0 aromatic carbocycles. The summed E-state index contributed by atoms with van der Waals surface area (Å²) in [5.41, 5.74) is 0. The Kier molecular flexibility index (Phi) is 39.8. The Morgan fingerprint density at radius 3 is 1.36 bits per heavy atom. The highest BCUT2D eigenvalue weighted by atomic mass is 31.2. The summed E-state index contributed by atoms with van der Waals surface area (Å²) in [5, 5.41) is 0. The van der Waals surface area contributed by atoms with Gasteiger partial charge in [-0.3, -0.25) is 14.2 Å². The van der Waals surface area contributed by atoms with Crippen LogP contribution in [0.15, 0.2) is 24.3 Å². The molecule has 342 valence electrons. The lowest BCUT2D eigenvalue weighted by molar-refractivity contribution is -0.870. The molecule has 0 aliphatic rings. The molecule has 0 heterocycles. The maximum Gasteiger partial charge on any atom is 0.306 e. The van der Waals surface area contributed by atoms with Crippen LogP contribution in [0.4, 0.5) is 0 Å². The van der Waals surface area contributed by atoms with Crippen LogP contribution in [0, 0.1) is 0 Å². The van der Waals surface area contributed by atoms with Crippen molar-refractivity contribution in [2.75, 3.05) is 47.5 Å². The van der Waals surface area contributed by atoms with Crippen molar-refractivity contribution in [1.29, 1.82) is 0 Å². The van der Waals surface area contributed by atoms with Crippen molar-refractivity contribution in [3.8, 4) is 0 Å². The van der Waals surface area contributed by atoms with Crippen LogP contribution in [0.1, 0.15) is 219 Å². The van der Waals surface area contributed by atoms with Crippen molar-refractivity contribution in [1.82, 2.24) is 0 Å². The standard InChI is InChI=1S/C48H92NO8P/c1-6-8-10-12-14-16-18-20-21-22-23-24-25-26-27-29-31-33-35-37-39-41-48(51)57-46(45-56-58(52,53)55-43-42-49(3,4)5)44-54-47(50)40-38-36-34-32-30-28-19-17-15-13-11-9-7-2/h18,20,22-23,46H,6-17,19,21,24-45H2,1-5H3/b20-18-,23-22-. The van der Waals surface area contributed by atoms with Gasteiger partial charge in [-0.15, -0.1) is 0 Å². The van der Waals surface area contributed by atoms with E-state index in [4.69, 9.17) is 18.5 Å². The van der Waals surface area contributed by atoms with Gasteiger partial charge in [0.15, 0.2) is 6.10 Å². The van der Waals surface area contributed by atoms with Crippen molar-refractivity contribution in [2.24, 2.45) is 0 Å². The van der Waals surface area contributed by atoms with E-state index in [2.05, 4.69) is 38.2 Å². The summed E-state index contributed by atoms with van der Waals surface area (Å²) in [6.07, 6.45) is 44.8. The molecule has 0 amide bonds. The van der Waals surface area contributed by atoms with E-state index in [0.29, 0.717) is 17.4 Å². The van der Waals surface area contributed by atoms with Crippen LogP contribution in [-0.4, -0.2) is 70.0 Å². The van der Waals surface area contributed by atoms with Gasteiger partial charge in [-0.1, -0.05) is 186 Å². The van der Waals surface area contributed by atoms with Gasteiger partial charge in [0.25, 0.3) is 7.82 Å². The van der Waals surface area contributed by atoms with E-state index >= 15 is 0 Å². The maximum atomic E-state index is 12.7. The molecule has 0 spiro atoms. The van der Waals surface area contributed by atoms with Crippen molar-refractivity contribution >= 4 is 19.8 Å². The molecule has 0 aliphatic carbocycles. The Morgan fingerprint density at radius 1 is 0.534 bits per heavy atom. The number of hydrogen-bond acceptors (Lipinski definition) is 8. The number of phosphoric acid groups is 1. The molecule has 2 atom stereocenters. The maximum absolute atomic E-state index is 12.7. The molecule has 0 bridgehead atoms. The van der Waals surface area contributed by atoms with Crippen LogP contribution in [-0.2, 0) is 32.7 Å². The first-order valence-electron chi connectivity index (χ1n) is 24.0. The largest absolute Gasteiger partial charge is 0.756 e. The van der Waals surface area contributed by atoms with Crippen molar-refractivity contribution in [3.05, 3.63) is 24.3 Å². The van der Waals surface area contributed by atoms with Crippen LogP contribution in [0.3, 0.4) is 0 Å². The minimum absolute atomic E-state index is 0.0297. The SMILES string of the molecule is CCCCCCC/C=C\C/C=C\CCCCCCCCCCCC(=O)OC(COC(=O)CCCCCCCCCCCCCCC)COP(=O)([O-])OCC[N+](C)(C)C. The normalized spacial score (nSPS) is 13.7. The monoisotopic (exact) mass is 842 g/mol. The fraction of sp³-hybridized carbons (Fsp3) is 0.875. The van der Waals surface area contributed by atoms with E-state index in [-0.39, 0.29) is 32.0 Å². The van der Waals surface area contributed by atoms with E-state index in [0.717, 1.165) is 51.4 Å². The molecule has 0 aliphatic heterocycles. The average Bonchev–Trinajstić information content (AvgIpc) is 3.17. The second kappa shape index (κ2) is 40.9. The van der Waals surface area contributed by atoms with Gasteiger partial charge in [-0.25, -0.2) is 0 Å². The lowest BCUT2D eigenvalue weighted by Crippen LogP contribution is -2.37. The third-order valence-corrected chi connectivity index (χ3v) is 11.4. The van der Waals surface area contributed by atoms with E-state index in [1.165, 1.54) is 135 Å². The Hall–Kier alpha value is -1.51. The number of likely N-dealkylation sites (N-methyl/N-ethyl adjacent to an activating group) is 1. The molecular weight excluding hydrogens is 750 g/mol. The summed E-state index contributed by atoms with van der Waals surface area (Å²) in [6, 6.07) is 0. The number of allylic oxidation sites excluding steroid dienone is 4. The number of phosphoric ester groups is 1. The smallest absolute Gasteiger partial charge is 0.306 e. The molecule has 0 aromatic rings. The predicted octanol–water partition coefficient (Wildman–Crippen LogP) is 13.3. The van der Waals surface area contributed by atoms with Crippen LogP contribution in [0.2, 0.25) is 0 Å². The fourth-order valence-corrected chi connectivity index (χ4v) is 7.41. The first-order chi connectivity index (χ1) is 28.0. The van der Waals surface area contributed by atoms with Crippen LogP contribution in [0.5, 0.6) is 0 Å². The zero-order chi connectivity index (χ0) is 42.8. The summed E-state index contributed by atoms with van der Waals surface area (Å²) >= 11 is 0. The number of carbonyl (C=O) groups is 2. The fourth-order valence-electron chi connectivity index (χ4n) is 6.69. The van der Waals surface area contributed by atoms with Crippen molar-refractivity contribution < 1.29 is 42.1 Å². The lowest BCUT2D eigenvalue weighted by Gasteiger charge is -2.28. The number of rotatable bonds is 44. The molecule has 10 heteroatoms. The number of quaternary nitrogens is 1. The van der Waals surface area contributed by atoms with Gasteiger partial charge >= 0.3 is 11.9 Å². The minimum Gasteiger partial charge on any atom is -0.756 e. The summed E-state index contributed by atoms with van der Waals surface area (Å²) in [4.78, 5) is 37.6. The number of esters is 2. The molecule has 2 unspecified atom stereocenters. The first-order valence-corrected chi connectivity index (χ1v) is 25.5. The number of carbonyl (C=O) groups excluding carboxylic acids is 2. The zero-order valence-electron chi connectivity index (χ0n) is 38.5. The summed E-state index contributed by atoms with van der Waals surface area (Å²) in [7, 11) is 1.17. The molecule has 58 heavy (non-hydrogen) atoms. The second-order valence-corrected chi connectivity index (χ2v) is 18.9. The van der Waals surface area contributed by atoms with E-state index < -0.39 is 26.5 Å². The predicted molar refractivity (Wildman–Crippen MR) is 241 cm³/mol. The third-order valence-electron chi connectivity index (χ3n) is 10.5. The minimum atomic E-state index is -4.62. The topological polar surface area (TPSA) is 111 Å². The van der Waals surface area contributed by atoms with E-state index in [9.17, 15) is 19.0 Å². The van der Waals surface area contributed by atoms with Crippen LogP contribution in [0.25, 0.3) is 0 Å². The zero-order valence-corrected chi connectivity index (χ0v) is 39.4. The van der Waals surface area contributed by atoms with Crippen LogP contribution >= 0.6 is 7.82 Å². The molecule has 0 saturated heterocycles. The Morgan fingerprint density at radius 2 is 0.931 bits per heavy atom. The molecular formula is C48H92NO8P. The molecule has 0 radical (unpaired) electrons. The van der Waals surface area contributed by atoms with Gasteiger partial charge in [-0.05, 0) is 44.9 Å². The summed E-state index contributed by atoms with van der Waals surface area (Å²) < 4.78 is 34.0. The Bertz CT molecular complexity index is 1040. The van der Waals surface area contributed by atoms with Gasteiger partial charge in [0.05, 0.1) is 27.7 Å². The van der Waals surface area contributed by atoms with Gasteiger partial charge in [0.2, 0.25) is 0 Å². The number of ether oxygens (including phenoxy) is 2. The highest BCUT2D eigenvalue weighted by Crippen LogP contribution is 2.38. The molecule has 0 aromatic heterocycles. The van der Waals surface area contributed by atoms with Gasteiger partial charge < -0.3 is 27.9 Å². The van der Waals surface area contributed by atoms with Crippen LogP contribution < -0.4 is 4.89 Å². The second-order valence-electron chi connectivity index (χ2n) is 17.5. The summed E-state index contributed by atoms with van der Waals surface area (Å²) in [6.45, 7) is 4.23. The number of hydrogen-bond donors (Lipinski definition) is 0. The van der Waals surface area contributed by atoms with Gasteiger partial charge in [-0.2, -0.15) is 0 Å². The molecule has 9 nitrogen and oxygen atoms in total. The average molecular weight is 842 g/mol. The number of nitrogens with zero attached hydrogens (tertiary/aromatic N) is 1. The quantitative estimate of drug-likeness (QED) is 0.0196. The lowest BCUT2D eigenvalue weighted by atomic mass is 10.0. The van der Waals surface area contributed by atoms with Gasteiger partial charge in [0, 0.05) is 12.8 Å². The molecule has 0 rings (SSSR count). The number of unbranched alkanes of at least 4 members (excludes halogenated alkanes) is 26. The Balaban J connectivity index is 4.26. The first kappa shape index (κ1) is 56.5. The molecule has 0 saturated carbocycles. The van der Waals surface area contributed by atoms with Crippen molar-refractivity contribution in [2.45, 2.75) is 225 Å². The highest BCUT2D eigenvalue weighted by Gasteiger charge is 2.21. The van der Waals surface area contributed by atoms with Gasteiger partial charge in [0.1, 0.15) is 19.8 Å². The molecule has 0 N–H and O–H groups in total.